The molecule has 3 heterocycles. The molecule has 134 valence electrons. The zero-order valence-electron chi connectivity index (χ0n) is 14.9. The number of amides is 1. The lowest BCUT2D eigenvalue weighted by molar-refractivity contribution is -0.164. The molecule has 24 heavy (non-hydrogen) atoms. The van der Waals surface area contributed by atoms with Crippen LogP contribution in [0, 0.1) is 5.92 Å². The van der Waals surface area contributed by atoms with E-state index >= 15 is 0 Å². The van der Waals surface area contributed by atoms with Gasteiger partial charge in [0.2, 0.25) is 5.91 Å². The van der Waals surface area contributed by atoms with Crippen LogP contribution in [-0.2, 0) is 27.9 Å². The number of nitrogens with zero attached hydrogens (tertiary/aromatic N) is 4. The average molecular weight is 336 g/mol. The van der Waals surface area contributed by atoms with Crippen molar-refractivity contribution < 1.29 is 14.3 Å². The summed E-state index contributed by atoms with van der Waals surface area (Å²) in [5, 5.41) is 4.24. The van der Waals surface area contributed by atoms with Crippen LogP contribution in [-0.4, -0.2) is 77.1 Å². The molecule has 1 spiro atoms. The van der Waals surface area contributed by atoms with Crippen LogP contribution in [0.25, 0.3) is 0 Å². The van der Waals surface area contributed by atoms with E-state index in [1.54, 1.807) is 0 Å². The molecule has 2 fully saturated rings. The summed E-state index contributed by atoms with van der Waals surface area (Å²) in [5.74, 6) is 0.207. The molecule has 2 saturated heterocycles. The SMILES string of the molecule is CC(C)C(=O)N1CCOC2(COCCN(Cc3cnn(C)c3)C2)C1. The summed E-state index contributed by atoms with van der Waals surface area (Å²) in [6, 6.07) is 0. The van der Waals surface area contributed by atoms with Crippen molar-refractivity contribution in [2.75, 3.05) is 46.0 Å². The Bertz CT molecular complexity index is 574. The quantitative estimate of drug-likeness (QED) is 0.805. The van der Waals surface area contributed by atoms with Gasteiger partial charge in [-0.1, -0.05) is 13.8 Å². The number of aryl methyl sites for hydroxylation is 1. The molecule has 3 rings (SSSR count). The molecule has 0 bridgehead atoms. The molecule has 0 aliphatic carbocycles. The fourth-order valence-electron chi connectivity index (χ4n) is 3.51. The monoisotopic (exact) mass is 336 g/mol. The fraction of sp³-hybridized carbons (Fsp3) is 0.765. The van der Waals surface area contributed by atoms with Gasteiger partial charge in [-0.05, 0) is 0 Å². The van der Waals surface area contributed by atoms with E-state index in [0.29, 0.717) is 32.9 Å². The minimum absolute atomic E-state index is 0.0124. The fourth-order valence-corrected chi connectivity index (χ4v) is 3.51. The van der Waals surface area contributed by atoms with Gasteiger partial charge in [0.05, 0.1) is 32.6 Å². The van der Waals surface area contributed by atoms with Crippen LogP contribution in [0.3, 0.4) is 0 Å². The molecule has 0 saturated carbocycles. The molecule has 0 aromatic carbocycles. The standard InChI is InChI=1S/C17H28N4O3/c1-14(2)16(22)21-5-7-24-17(12-21)11-20(4-6-23-13-17)10-15-8-18-19(3)9-15/h8-9,14H,4-7,10-13H2,1-3H3. The van der Waals surface area contributed by atoms with Gasteiger partial charge in [0, 0.05) is 50.9 Å². The Morgan fingerprint density at radius 2 is 2.17 bits per heavy atom. The minimum Gasteiger partial charge on any atom is -0.377 e. The Morgan fingerprint density at radius 1 is 1.33 bits per heavy atom. The first kappa shape index (κ1) is 17.4. The van der Waals surface area contributed by atoms with E-state index in [1.165, 1.54) is 5.56 Å². The van der Waals surface area contributed by atoms with Crippen molar-refractivity contribution in [3.05, 3.63) is 18.0 Å². The van der Waals surface area contributed by atoms with E-state index < -0.39 is 5.60 Å². The van der Waals surface area contributed by atoms with Crippen molar-refractivity contribution in [2.45, 2.75) is 26.0 Å². The predicted octanol–water partition coefficient (Wildman–Crippen LogP) is 0.506. The Balaban J connectivity index is 1.69. The summed E-state index contributed by atoms with van der Waals surface area (Å²) in [4.78, 5) is 16.7. The van der Waals surface area contributed by atoms with E-state index in [2.05, 4.69) is 10.00 Å². The molecule has 1 amide bonds. The number of aromatic nitrogens is 2. The van der Waals surface area contributed by atoms with Crippen LogP contribution >= 0.6 is 0 Å². The van der Waals surface area contributed by atoms with Gasteiger partial charge in [0.25, 0.3) is 0 Å². The molecule has 2 aliphatic rings. The third kappa shape index (κ3) is 3.96. The van der Waals surface area contributed by atoms with Gasteiger partial charge in [-0.3, -0.25) is 14.4 Å². The lowest BCUT2D eigenvalue weighted by Crippen LogP contribution is -2.60. The topological polar surface area (TPSA) is 59.8 Å². The number of ether oxygens (including phenoxy) is 2. The van der Waals surface area contributed by atoms with Gasteiger partial charge >= 0.3 is 0 Å². The summed E-state index contributed by atoms with van der Waals surface area (Å²) < 4.78 is 13.8. The lowest BCUT2D eigenvalue weighted by atomic mass is 10.0. The number of carbonyl (C=O) groups excluding carboxylic acids is 1. The summed E-state index contributed by atoms with van der Waals surface area (Å²) in [6.07, 6.45) is 3.93. The maximum Gasteiger partial charge on any atom is 0.225 e. The van der Waals surface area contributed by atoms with Crippen LogP contribution in [0.5, 0.6) is 0 Å². The highest BCUT2D eigenvalue weighted by atomic mass is 16.5. The smallest absolute Gasteiger partial charge is 0.225 e. The second-order valence-electron chi connectivity index (χ2n) is 7.23. The van der Waals surface area contributed by atoms with Crippen LogP contribution in [0.1, 0.15) is 19.4 Å². The highest BCUT2D eigenvalue weighted by Gasteiger charge is 2.41. The first-order valence-corrected chi connectivity index (χ1v) is 8.68. The van der Waals surface area contributed by atoms with E-state index in [-0.39, 0.29) is 11.8 Å². The Morgan fingerprint density at radius 3 is 2.88 bits per heavy atom. The number of hydrogen-bond acceptors (Lipinski definition) is 5. The molecular formula is C17H28N4O3. The second kappa shape index (κ2) is 7.21. The highest BCUT2D eigenvalue weighted by molar-refractivity contribution is 5.78. The molecule has 2 aliphatic heterocycles. The molecule has 1 atom stereocenters. The van der Waals surface area contributed by atoms with Crippen LogP contribution in [0.2, 0.25) is 0 Å². The third-order valence-corrected chi connectivity index (χ3v) is 4.65. The minimum atomic E-state index is -0.429. The normalized spacial score (nSPS) is 26.1. The van der Waals surface area contributed by atoms with Crippen molar-refractivity contribution in [1.82, 2.24) is 19.6 Å². The van der Waals surface area contributed by atoms with Gasteiger partial charge in [-0.25, -0.2) is 0 Å². The van der Waals surface area contributed by atoms with Crippen LogP contribution < -0.4 is 0 Å². The van der Waals surface area contributed by atoms with E-state index in [0.717, 1.165) is 19.6 Å². The van der Waals surface area contributed by atoms with Gasteiger partial charge in [0.1, 0.15) is 5.60 Å². The van der Waals surface area contributed by atoms with E-state index in [1.807, 2.05) is 42.9 Å². The van der Waals surface area contributed by atoms with Gasteiger partial charge < -0.3 is 14.4 Å². The van der Waals surface area contributed by atoms with Crippen molar-refractivity contribution in [3.63, 3.8) is 0 Å². The average Bonchev–Trinajstić information content (AvgIpc) is 2.85. The summed E-state index contributed by atoms with van der Waals surface area (Å²) in [6.45, 7) is 9.41. The van der Waals surface area contributed by atoms with Gasteiger partial charge in [0.15, 0.2) is 0 Å². The lowest BCUT2D eigenvalue weighted by Gasteiger charge is -2.43. The van der Waals surface area contributed by atoms with Crippen molar-refractivity contribution >= 4 is 5.91 Å². The maximum absolute atomic E-state index is 12.4. The first-order valence-electron chi connectivity index (χ1n) is 8.68. The van der Waals surface area contributed by atoms with Crippen LogP contribution in [0.4, 0.5) is 0 Å². The van der Waals surface area contributed by atoms with E-state index in [4.69, 9.17) is 9.47 Å². The number of rotatable bonds is 3. The largest absolute Gasteiger partial charge is 0.377 e. The highest BCUT2D eigenvalue weighted by Crippen LogP contribution is 2.24. The van der Waals surface area contributed by atoms with Crippen LogP contribution in [0.15, 0.2) is 12.4 Å². The summed E-state index contributed by atoms with van der Waals surface area (Å²) in [7, 11) is 1.93. The number of carbonyl (C=O) groups is 1. The first-order chi connectivity index (χ1) is 11.5. The third-order valence-electron chi connectivity index (χ3n) is 4.65. The molecule has 0 radical (unpaired) electrons. The Labute approximate surface area is 143 Å². The molecule has 7 nitrogen and oxygen atoms in total. The molecule has 1 aromatic heterocycles. The molecule has 1 aromatic rings. The predicted molar refractivity (Wildman–Crippen MR) is 89.4 cm³/mol. The maximum atomic E-state index is 12.4. The number of hydrogen-bond donors (Lipinski definition) is 0. The number of morpholine rings is 1. The van der Waals surface area contributed by atoms with Crippen molar-refractivity contribution in [1.29, 1.82) is 0 Å². The molecule has 0 N–H and O–H groups in total. The van der Waals surface area contributed by atoms with Gasteiger partial charge in [-0.2, -0.15) is 5.10 Å². The Kier molecular flexibility index (Phi) is 5.22. The van der Waals surface area contributed by atoms with Crippen molar-refractivity contribution in [3.8, 4) is 0 Å². The molecular weight excluding hydrogens is 308 g/mol. The summed E-state index contributed by atoms with van der Waals surface area (Å²) >= 11 is 0. The van der Waals surface area contributed by atoms with E-state index in [9.17, 15) is 4.79 Å². The zero-order chi connectivity index (χ0) is 17.2. The Hall–Kier alpha value is -1.44. The van der Waals surface area contributed by atoms with Gasteiger partial charge in [-0.15, -0.1) is 0 Å². The summed E-state index contributed by atoms with van der Waals surface area (Å²) in [5.41, 5.74) is 0.752. The van der Waals surface area contributed by atoms with Crippen molar-refractivity contribution in [2.24, 2.45) is 13.0 Å². The second-order valence-corrected chi connectivity index (χ2v) is 7.23. The zero-order valence-corrected chi connectivity index (χ0v) is 14.9. The molecule has 1 unspecified atom stereocenters. The molecule has 7 heteroatoms.